The van der Waals surface area contributed by atoms with Crippen LogP contribution in [0, 0.1) is 18.3 Å². The Bertz CT molecular complexity index is 334. The summed E-state index contributed by atoms with van der Waals surface area (Å²) in [6.07, 6.45) is -4.52. The Morgan fingerprint density at radius 1 is 1.50 bits per heavy atom. The largest absolute Gasteiger partial charge is 0.435 e. The van der Waals surface area contributed by atoms with Crippen LogP contribution in [0.5, 0.6) is 0 Å². The fourth-order valence-electron chi connectivity index (χ4n) is 0.695. The second-order valence-electron chi connectivity index (χ2n) is 2.02. The highest BCUT2D eigenvalue weighted by atomic mass is 32.1. The molecule has 0 saturated carbocycles. The van der Waals surface area contributed by atoms with Crippen LogP contribution >= 0.6 is 11.3 Å². The molecule has 0 amide bonds. The maximum Gasteiger partial charge on any atom is 0.435 e. The van der Waals surface area contributed by atoms with E-state index in [2.05, 4.69) is 4.98 Å². The first-order valence-electron chi connectivity index (χ1n) is 2.90. The van der Waals surface area contributed by atoms with E-state index < -0.39 is 11.9 Å². The Balaban J connectivity index is 3.25. The molecule has 0 atom stereocenters. The molecule has 0 spiro atoms. The quantitative estimate of drug-likeness (QED) is 0.632. The van der Waals surface area contributed by atoms with E-state index in [1.807, 2.05) is 0 Å². The van der Waals surface area contributed by atoms with Gasteiger partial charge in [0.1, 0.15) is 10.9 Å². The second-order valence-corrected chi connectivity index (χ2v) is 3.22. The second kappa shape index (κ2) is 2.75. The molecule has 2 nitrogen and oxygen atoms in total. The normalized spacial score (nSPS) is 11.2. The zero-order valence-corrected chi connectivity index (χ0v) is 6.75. The topological polar surface area (TPSA) is 36.7 Å². The average molecular weight is 192 g/mol. The van der Waals surface area contributed by atoms with Crippen molar-refractivity contribution in [3.8, 4) is 6.07 Å². The van der Waals surface area contributed by atoms with Gasteiger partial charge in [-0.1, -0.05) is 0 Å². The standard InChI is InChI=1S/C6H3F3N2S/c1-3-11-5(6(7,8)9)4(2-10)12-3/h1H3. The Morgan fingerprint density at radius 3 is 2.42 bits per heavy atom. The van der Waals surface area contributed by atoms with Crippen LogP contribution in [0.1, 0.15) is 15.6 Å². The van der Waals surface area contributed by atoms with E-state index in [0.717, 1.165) is 11.3 Å². The lowest BCUT2D eigenvalue weighted by atomic mass is 10.4. The van der Waals surface area contributed by atoms with Crippen LogP contribution < -0.4 is 0 Å². The SMILES string of the molecule is Cc1nc(C(F)(F)F)c(C#N)s1. The number of aryl methyl sites for hydroxylation is 1. The van der Waals surface area contributed by atoms with Gasteiger partial charge in [0, 0.05) is 0 Å². The molecule has 0 saturated heterocycles. The maximum atomic E-state index is 12.0. The van der Waals surface area contributed by atoms with Crippen LogP contribution in [0.2, 0.25) is 0 Å². The maximum absolute atomic E-state index is 12.0. The molecular formula is C6H3F3N2S. The number of nitrogens with zero attached hydrogens (tertiary/aromatic N) is 2. The molecular weight excluding hydrogens is 189 g/mol. The van der Waals surface area contributed by atoms with Gasteiger partial charge in [-0.15, -0.1) is 11.3 Å². The number of thiazole rings is 1. The molecule has 1 rings (SSSR count). The molecule has 0 unspecified atom stereocenters. The van der Waals surface area contributed by atoms with Crippen molar-refractivity contribution in [2.75, 3.05) is 0 Å². The Kier molecular flexibility index (Phi) is 2.06. The van der Waals surface area contributed by atoms with Crippen molar-refractivity contribution in [2.45, 2.75) is 13.1 Å². The molecule has 1 aromatic rings. The summed E-state index contributed by atoms with van der Waals surface area (Å²) in [5.74, 6) is 0. The van der Waals surface area contributed by atoms with Crippen molar-refractivity contribution in [1.29, 1.82) is 5.26 Å². The van der Waals surface area contributed by atoms with Gasteiger partial charge < -0.3 is 0 Å². The summed E-state index contributed by atoms with van der Waals surface area (Å²) >= 11 is 0.749. The molecule has 0 fully saturated rings. The molecule has 64 valence electrons. The predicted octanol–water partition coefficient (Wildman–Crippen LogP) is 2.34. The number of rotatable bonds is 0. The predicted molar refractivity (Wildman–Crippen MR) is 36.6 cm³/mol. The zero-order chi connectivity index (χ0) is 9.35. The van der Waals surface area contributed by atoms with E-state index in [1.165, 1.54) is 13.0 Å². The molecule has 1 heterocycles. The molecule has 0 radical (unpaired) electrons. The number of halogens is 3. The Hall–Kier alpha value is -1.09. The minimum absolute atomic E-state index is 0.249. The van der Waals surface area contributed by atoms with E-state index in [4.69, 9.17) is 5.26 Å². The molecule has 0 aliphatic heterocycles. The van der Waals surface area contributed by atoms with Crippen LogP contribution in [-0.4, -0.2) is 4.98 Å². The van der Waals surface area contributed by atoms with Crippen molar-refractivity contribution in [1.82, 2.24) is 4.98 Å². The van der Waals surface area contributed by atoms with E-state index in [9.17, 15) is 13.2 Å². The van der Waals surface area contributed by atoms with Gasteiger partial charge in [0.05, 0.1) is 5.01 Å². The zero-order valence-electron chi connectivity index (χ0n) is 5.94. The van der Waals surface area contributed by atoms with E-state index in [0.29, 0.717) is 0 Å². The molecule has 0 aliphatic rings. The summed E-state index contributed by atoms with van der Waals surface area (Å²) in [6, 6.07) is 1.46. The fraction of sp³-hybridized carbons (Fsp3) is 0.333. The average Bonchev–Trinajstić information content (AvgIpc) is 2.29. The molecule has 1 aromatic heterocycles. The van der Waals surface area contributed by atoms with Crippen LogP contribution in [0.25, 0.3) is 0 Å². The summed E-state index contributed by atoms with van der Waals surface area (Å²) < 4.78 is 36.1. The van der Waals surface area contributed by atoms with Crippen LogP contribution in [0.4, 0.5) is 13.2 Å². The first kappa shape index (κ1) is 9.00. The third-order valence-electron chi connectivity index (χ3n) is 1.10. The van der Waals surface area contributed by atoms with Crippen molar-refractivity contribution in [3.05, 3.63) is 15.6 Å². The van der Waals surface area contributed by atoms with Gasteiger partial charge >= 0.3 is 6.18 Å². The number of nitriles is 1. The summed E-state index contributed by atoms with van der Waals surface area (Å²) in [4.78, 5) is 2.85. The number of hydrogen-bond donors (Lipinski definition) is 0. The Labute approximate surface area is 70.3 Å². The number of alkyl halides is 3. The number of aromatic nitrogens is 1. The highest BCUT2D eigenvalue weighted by molar-refractivity contribution is 7.12. The van der Waals surface area contributed by atoms with Gasteiger partial charge in [-0.2, -0.15) is 18.4 Å². The minimum Gasteiger partial charge on any atom is -0.236 e. The van der Waals surface area contributed by atoms with Gasteiger partial charge in [-0.3, -0.25) is 0 Å². The third-order valence-corrected chi connectivity index (χ3v) is 1.98. The highest BCUT2D eigenvalue weighted by Gasteiger charge is 2.37. The van der Waals surface area contributed by atoms with Crippen LogP contribution in [0.3, 0.4) is 0 Å². The van der Waals surface area contributed by atoms with E-state index in [1.54, 1.807) is 0 Å². The monoisotopic (exact) mass is 192 g/mol. The van der Waals surface area contributed by atoms with Crippen molar-refractivity contribution >= 4 is 11.3 Å². The molecule has 0 aliphatic carbocycles. The van der Waals surface area contributed by atoms with Crippen LogP contribution in [-0.2, 0) is 6.18 Å². The van der Waals surface area contributed by atoms with E-state index in [-0.39, 0.29) is 9.88 Å². The van der Waals surface area contributed by atoms with Crippen molar-refractivity contribution < 1.29 is 13.2 Å². The Morgan fingerprint density at radius 2 is 2.08 bits per heavy atom. The number of hydrogen-bond acceptors (Lipinski definition) is 3. The summed E-state index contributed by atoms with van der Waals surface area (Å²) in [5, 5.41) is 8.56. The lowest BCUT2D eigenvalue weighted by Crippen LogP contribution is -2.07. The molecule has 6 heteroatoms. The molecule has 0 bridgehead atoms. The summed E-state index contributed by atoms with van der Waals surface area (Å²) in [5.41, 5.74) is -1.08. The smallest absolute Gasteiger partial charge is 0.236 e. The lowest BCUT2D eigenvalue weighted by Gasteiger charge is -2.00. The fourth-order valence-corrected chi connectivity index (χ4v) is 1.43. The molecule has 0 aromatic carbocycles. The van der Waals surface area contributed by atoms with E-state index >= 15 is 0 Å². The van der Waals surface area contributed by atoms with Gasteiger partial charge in [0.15, 0.2) is 5.69 Å². The summed E-state index contributed by atoms with van der Waals surface area (Å²) in [6.45, 7) is 1.43. The summed E-state index contributed by atoms with van der Waals surface area (Å²) in [7, 11) is 0. The minimum atomic E-state index is -4.52. The third kappa shape index (κ3) is 1.56. The van der Waals surface area contributed by atoms with Crippen molar-refractivity contribution in [2.24, 2.45) is 0 Å². The van der Waals surface area contributed by atoms with Gasteiger partial charge in [0.25, 0.3) is 0 Å². The van der Waals surface area contributed by atoms with Gasteiger partial charge in [-0.05, 0) is 6.92 Å². The van der Waals surface area contributed by atoms with Gasteiger partial charge in [0.2, 0.25) is 0 Å². The first-order valence-corrected chi connectivity index (χ1v) is 3.71. The van der Waals surface area contributed by atoms with Gasteiger partial charge in [-0.25, -0.2) is 4.98 Å². The first-order chi connectivity index (χ1) is 5.45. The van der Waals surface area contributed by atoms with Crippen molar-refractivity contribution in [3.63, 3.8) is 0 Å². The molecule has 12 heavy (non-hydrogen) atoms. The lowest BCUT2D eigenvalue weighted by molar-refractivity contribution is -0.141. The molecule has 0 N–H and O–H groups in total. The highest BCUT2D eigenvalue weighted by Crippen LogP contribution is 2.33. The van der Waals surface area contributed by atoms with Crippen LogP contribution in [0.15, 0.2) is 0 Å².